The van der Waals surface area contributed by atoms with Gasteiger partial charge in [0.05, 0.1) is 0 Å². The summed E-state index contributed by atoms with van der Waals surface area (Å²) in [5.74, 6) is -1.14. The summed E-state index contributed by atoms with van der Waals surface area (Å²) in [6.45, 7) is -1.68. The van der Waals surface area contributed by atoms with Crippen LogP contribution in [-0.4, -0.2) is 32.2 Å². The summed E-state index contributed by atoms with van der Waals surface area (Å²) in [7, 11) is -4.34. The molecule has 0 unspecified atom stereocenters. The van der Waals surface area contributed by atoms with Crippen LogP contribution in [0.3, 0.4) is 0 Å². The Kier molecular flexibility index (Phi) is 5.33. The van der Waals surface area contributed by atoms with Gasteiger partial charge in [-0.2, -0.15) is 26.3 Å². The fourth-order valence-corrected chi connectivity index (χ4v) is 2.07. The first-order valence-corrected chi connectivity index (χ1v) is 6.91. The number of carboxylic acid groups (broad SMARTS) is 1. The molecule has 0 spiro atoms. The van der Waals surface area contributed by atoms with Gasteiger partial charge in [0.15, 0.2) is 0 Å². The largest absolute Gasteiger partial charge is 0.478 e. The van der Waals surface area contributed by atoms with Gasteiger partial charge in [0.1, 0.15) is 6.54 Å². The highest BCUT2D eigenvalue weighted by atomic mass is 32.2. The highest BCUT2D eigenvalue weighted by molar-refractivity contribution is 7.90. The van der Waals surface area contributed by atoms with E-state index in [1.54, 1.807) is 0 Å². The number of halogens is 3. The zero-order valence-electron chi connectivity index (χ0n) is 10.4. The van der Waals surface area contributed by atoms with Gasteiger partial charge in [0.25, 0.3) is 10.2 Å². The van der Waals surface area contributed by atoms with Crippen LogP contribution in [0.4, 0.5) is 18.9 Å². The number of hydrogen-bond donors (Lipinski definition) is 3. The van der Waals surface area contributed by atoms with Crippen LogP contribution in [0.1, 0.15) is 5.56 Å². The molecule has 1 rings (SSSR count). The number of benzene rings is 1. The summed E-state index contributed by atoms with van der Waals surface area (Å²) in [6, 6.07) is 5.38. The third kappa shape index (κ3) is 7.32. The molecule has 10 heteroatoms. The van der Waals surface area contributed by atoms with Gasteiger partial charge < -0.3 is 5.11 Å². The van der Waals surface area contributed by atoms with Crippen LogP contribution in [0.5, 0.6) is 0 Å². The maximum atomic E-state index is 11.9. The van der Waals surface area contributed by atoms with Gasteiger partial charge in [-0.25, -0.2) is 4.79 Å². The molecule has 1 aromatic carbocycles. The Balaban J connectivity index is 2.69. The van der Waals surface area contributed by atoms with E-state index in [4.69, 9.17) is 5.11 Å². The van der Waals surface area contributed by atoms with E-state index in [1.165, 1.54) is 35.1 Å². The molecule has 21 heavy (non-hydrogen) atoms. The summed E-state index contributed by atoms with van der Waals surface area (Å²) in [6.07, 6.45) is -2.48. The van der Waals surface area contributed by atoms with Crippen molar-refractivity contribution in [1.29, 1.82) is 0 Å². The summed E-state index contributed by atoms with van der Waals surface area (Å²) in [4.78, 5) is 10.3. The van der Waals surface area contributed by atoms with E-state index in [1.807, 2.05) is 4.72 Å². The van der Waals surface area contributed by atoms with Crippen molar-refractivity contribution in [2.45, 2.75) is 6.18 Å². The second-order valence-electron chi connectivity index (χ2n) is 3.84. The first-order valence-electron chi connectivity index (χ1n) is 5.43. The van der Waals surface area contributed by atoms with E-state index in [0.717, 1.165) is 6.08 Å². The van der Waals surface area contributed by atoms with Gasteiger partial charge in [-0.05, 0) is 23.8 Å². The van der Waals surface area contributed by atoms with Crippen molar-refractivity contribution in [2.24, 2.45) is 0 Å². The van der Waals surface area contributed by atoms with Crippen LogP contribution < -0.4 is 9.44 Å². The Morgan fingerprint density at radius 2 is 1.81 bits per heavy atom. The van der Waals surface area contributed by atoms with Crippen LogP contribution in [-0.2, 0) is 15.0 Å². The third-order valence-electron chi connectivity index (χ3n) is 2.04. The Labute approximate surface area is 118 Å². The van der Waals surface area contributed by atoms with Crippen LogP contribution in [0.15, 0.2) is 30.3 Å². The first kappa shape index (κ1) is 17.0. The van der Waals surface area contributed by atoms with Gasteiger partial charge in [0, 0.05) is 11.8 Å². The molecule has 0 heterocycles. The number of alkyl halides is 3. The minimum absolute atomic E-state index is 0.0390. The Hall–Kier alpha value is -2.07. The van der Waals surface area contributed by atoms with Crippen molar-refractivity contribution in [2.75, 3.05) is 11.3 Å². The van der Waals surface area contributed by atoms with E-state index < -0.39 is 28.9 Å². The minimum Gasteiger partial charge on any atom is -0.478 e. The second kappa shape index (κ2) is 6.59. The first-order chi connectivity index (χ1) is 9.57. The third-order valence-corrected chi connectivity index (χ3v) is 3.07. The van der Waals surface area contributed by atoms with Crippen molar-refractivity contribution < 1.29 is 31.5 Å². The van der Waals surface area contributed by atoms with Gasteiger partial charge in [-0.1, -0.05) is 12.1 Å². The van der Waals surface area contributed by atoms with Gasteiger partial charge in [-0.3, -0.25) is 4.72 Å². The van der Waals surface area contributed by atoms with Crippen molar-refractivity contribution in [1.82, 2.24) is 4.72 Å². The highest BCUT2D eigenvalue weighted by Crippen LogP contribution is 2.14. The SMILES string of the molecule is O=C(O)/C=C/c1ccc(NS(=O)(=O)NCC(F)(F)F)cc1. The van der Waals surface area contributed by atoms with Gasteiger partial charge in [-0.15, -0.1) is 0 Å². The second-order valence-corrected chi connectivity index (χ2v) is 5.34. The summed E-state index contributed by atoms with van der Waals surface area (Å²) in [5.41, 5.74) is 0.528. The number of rotatable bonds is 6. The molecule has 0 aliphatic heterocycles. The number of hydrogen-bond acceptors (Lipinski definition) is 3. The average Bonchev–Trinajstić information content (AvgIpc) is 2.35. The van der Waals surface area contributed by atoms with Crippen molar-refractivity contribution in [3.05, 3.63) is 35.9 Å². The van der Waals surface area contributed by atoms with E-state index >= 15 is 0 Å². The molecule has 0 saturated heterocycles. The van der Waals surface area contributed by atoms with Crippen LogP contribution in [0.2, 0.25) is 0 Å². The molecule has 0 bridgehead atoms. The summed E-state index contributed by atoms with van der Waals surface area (Å²) in [5, 5.41) is 8.43. The zero-order chi connectivity index (χ0) is 16.1. The van der Waals surface area contributed by atoms with E-state index in [0.29, 0.717) is 5.56 Å². The van der Waals surface area contributed by atoms with Crippen molar-refractivity contribution in [3.8, 4) is 0 Å². The topological polar surface area (TPSA) is 95.5 Å². The molecule has 0 radical (unpaired) electrons. The molecule has 0 saturated carbocycles. The number of carbonyl (C=O) groups is 1. The normalized spacial score (nSPS) is 12.5. The Bertz CT molecular complexity index is 624. The number of carboxylic acids is 1. The summed E-state index contributed by atoms with van der Waals surface area (Å²) >= 11 is 0. The number of aliphatic carboxylic acids is 1. The lowest BCUT2D eigenvalue weighted by atomic mass is 10.2. The molecule has 3 N–H and O–H groups in total. The fourth-order valence-electron chi connectivity index (χ4n) is 1.20. The number of nitrogens with one attached hydrogen (secondary N) is 2. The van der Waals surface area contributed by atoms with E-state index in [-0.39, 0.29) is 5.69 Å². The molecular formula is C11H11F3N2O4S. The van der Waals surface area contributed by atoms with E-state index in [2.05, 4.69) is 0 Å². The lowest BCUT2D eigenvalue weighted by molar-refractivity contribution is -0.131. The predicted molar refractivity (Wildman–Crippen MR) is 69.7 cm³/mol. The lowest BCUT2D eigenvalue weighted by Crippen LogP contribution is -2.37. The van der Waals surface area contributed by atoms with Gasteiger partial charge in [0.2, 0.25) is 0 Å². The van der Waals surface area contributed by atoms with Crippen LogP contribution >= 0.6 is 0 Å². The summed E-state index contributed by atoms with van der Waals surface area (Å²) < 4.78 is 61.7. The average molecular weight is 324 g/mol. The maximum Gasteiger partial charge on any atom is 0.402 e. The molecular weight excluding hydrogens is 313 g/mol. The molecule has 0 aliphatic carbocycles. The molecule has 116 valence electrons. The monoisotopic (exact) mass is 324 g/mol. The zero-order valence-corrected chi connectivity index (χ0v) is 11.2. The number of anilines is 1. The molecule has 1 aromatic rings. The smallest absolute Gasteiger partial charge is 0.402 e. The Morgan fingerprint density at radius 3 is 2.29 bits per heavy atom. The van der Waals surface area contributed by atoms with Crippen molar-refractivity contribution >= 4 is 27.9 Å². The molecule has 0 aliphatic rings. The molecule has 6 nitrogen and oxygen atoms in total. The molecule has 0 amide bonds. The van der Waals surface area contributed by atoms with Crippen LogP contribution in [0.25, 0.3) is 6.08 Å². The van der Waals surface area contributed by atoms with E-state index in [9.17, 15) is 26.4 Å². The standard InChI is InChI=1S/C11H11F3N2O4S/c12-11(13,14)7-15-21(19,20)16-9-4-1-8(2-5-9)3-6-10(17)18/h1-6,15-16H,7H2,(H,17,18)/b6-3+. The fraction of sp³-hybridized carbons (Fsp3) is 0.182. The lowest BCUT2D eigenvalue weighted by Gasteiger charge is -2.11. The molecule has 0 aromatic heterocycles. The van der Waals surface area contributed by atoms with Gasteiger partial charge >= 0.3 is 12.1 Å². The quantitative estimate of drug-likeness (QED) is 0.693. The van der Waals surface area contributed by atoms with Crippen LogP contribution in [0, 0.1) is 0 Å². The predicted octanol–water partition coefficient (Wildman–Crippen LogP) is 1.59. The Morgan fingerprint density at radius 1 is 1.24 bits per heavy atom. The van der Waals surface area contributed by atoms with Crippen molar-refractivity contribution in [3.63, 3.8) is 0 Å². The minimum atomic E-state index is -4.65. The molecule has 0 atom stereocenters. The maximum absolute atomic E-state index is 11.9. The highest BCUT2D eigenvalue weighted by Gasteiger charge is 2.29. The molecule has 0 fully saturated rings.